The molecule has 0 atom stereocenters. The van der Waals surface area contributed by atoms with Crippen LogP contribution in [0.4, 0.5) is 9.59 Å². The smallest absolute Gasteiger partial charge is 0.363 e. The van der Waals surface area contributed by atoms with E-state index in [4.69, 9.17) is 15.2 Å². The van der Waals surface area contributed by atoms with E-state index in [9.17, 15) is 19.2 Å². The third-order valence-electron chi connectivity index (χ3n) is 1.98. The number of carbonyl (C=O) groups is 4. The molecule has 0 aromatic heterocycles. The lowest BCUT2D eigenvalue weighted by Gasteiger charge is -2.25. The van der Waals surface area contributed by atoms with E-state index in [0.717, 1.165) is 4.90 Å². The van der Waals surface area contributed by atoms with E-state index in [1.807, 2.05) is 0 Å². The van der Waals surface area contributed by atoms with Crippen LogP contribution in [0.3, 0.4) is 0 Å². The maximum absolute atomic E-state index is 11.9. The van der Waals surface area contributed by atoms with Gasteiger partial charge in [-0.1, -0.05) is 10.2 Å². The fourth-order valence-corrected chi connectivity index (χ4v) is 1.41. The lowest BCUT2D eigenvalue weighted by Crippen LogP contribution is -2.42. The van der Waals surface area contributed by atoms with Crippen LogP contribution >= 0.6 is 0 Å². The Balaban J connectivity index is 5.08. The SMILES string of the molecule is CC(C)(C)OC(=O)CN(CC(=O)OC(C)(C)C)C(=O)N=NC(N)=O. The van der Waals surface area contributed by atoms with Crippen molar-refractivity contribution in [1.29, 1.82) is 0 Å². The number of amides is 4. The standard InChI is InChI=1S/C14H24N4O6/c1-13(2,3)23-9(19)7-18(12(22)17-16-11(15)21)8-10(20)24-14(4,5)6/h7-8H2,1-6H3,(H2,15,21). The number of esters is 2. The third kappa shape index (κ3) is 11.1. The number of hydrogen-bond donors (Lipinski definition) is 1. The minimum atomic E-state index is -1.18. The molecule has 0 fully saturated rings. The first-order valence-corrected chi connectivity index (χ1v) is 7.13. The van der Waals surface area contributed by atoms with E-state index in [2.05, 4.69) is 10.2 Å². The molecule has 0 aromatic rings. The molecule has 0 bridgehead atoms. The van der Waals surface area contributed by atoms with Crippen LogP contribution in [0.25, 0.3) is 0 Å². The zero-order valence-corrected chi connectivity index (χ0v) is 14.8. The quantitative estimate of drug-likeness (QED) is 0.607. The molecule has 0 saturated carbocycles. The number of nitrogens with zero attached hydrogens (tertiary/aromatic N) is 3. The van der Waals surface area contributed by atoms with E-state index < -0.39 is 48.3 Å². The molecule has 10 heteroatoms. The highest BCUT2D eigenvalue weighted by atomic mass is 16.6. The van der Waals surface area contributed by atoms with Crippen molar-refractivity contribution in [2.24, 2.45) is 16.0 Å². The molecule has 0 rings (SSSR count). The molecule has 0 aliphatic heterocycles. The van der Waals surface area contributed by atoms with Crippen molar-refractivity contribution in [3.8, 4) is 0 Å². The monoisotopic (exact) mass is 344 g/mol. The molecule has 0 radical (unpaired) electrons. The van der Waals surface area contributed by atoms with Gasteiger partial charge in [0, 0.05) is 0 Å². The van der Waals surface area contributed by atoms with Gasteiger partial charge in [-0.3, -0.25) is 14.5 Å². The van der Waals surface area contributed by atoms with Gasteiger partial charge < -0.3 is 15.2 Å². The second-order valence-corrected chi connectivity index (χ2v) is 6.85. The molecule has 136 valence electrons. The normalized spacial score (nSPS) is 11.9. The second-order valence-electron chi connectivity index (χ2n) is 6.85. The Morgan fingerprint density at radius 1 is 0.833 bits per heavy atom. The number of nitrogens with two attached hydrogens (primary N) is 1. The zero-order chi connectivity index (χ0) is 19.1. The first-order chi connectivity index (χ1) is 10.7. The van der Waals surface area contributed by atoms with E-state index in [-0.39, 0.29) is 0 Å². The number of primary amides is 1. The fraction of sp³-hybridized carbons (Fsp3) is 0.714. The Labute approximate surface area is 140 Å². The van der Waals surface area contributed by atoms with Crippen LogP contribution in [-0.4, -0.2) is 53.2 Å². The highest BCUT2D eigenvalue weighted by Crippen LogP contribution is 2.10. The first-order valence-electron chi connectivity index (χ1n) is 7.13. The Kier molecular flexibility index (Phi) is 7.49. The van der Waals surface area contributed by atoms with Gasteiger partial charge in [0.05, 0.1) is 0 Å². The molecule has 0 aliphatic carbocycles. The summed E-state index contributed by atoms with van der Waals surface area (Å²) < 4.78 is 10.2. The van der Waals surface area contributed by atoms with Crippen molar-refractivity contribution in [2.75, 3.05) is 13.1 Å². The first kappa shape index (κ1) is 21.5. The summed E-state index contributed by atoms with van der Waals surface area (Å²) in [7, 11) is 0. The minimum Gasteiger partial charge on any atom is -0.459 e. The summed E-state index contributed by atoms with van der Waals surface area (Å²) in [4.78, 5) is 46.9. The van der Waals surface area contributed by atoms with Gasteiger partial charge in [-0.2, -0.15) is 0 Å². The molecule has 4 amide bonds. The molecular weight excluding hydrogens is 320 g/mol. The summed E-state index contributed by atoms with van der Waals surface area (Å²) in [5.74, 6) is -1.51. The summed E-state index contributed by atoms with van der Waals surface area (Å²) in [6.45, 7) is 8.78. The van der Waals surface area contributed by atoms with Gasteiger partial charge in [0.25, 0.3) is 0 Å². The van der Waals surface area contributed by atoms with E-state index in [1.54, 1.807) is 41.5 Å². The number of urea groups is 2. The topological polar surface area (TPSA) is 141 Å². The van der Waals surface area contributed by atoms with Gasteiger partial charge in [-0.15, -0.1) is 0 Å². The average molecular weight is 344 g/mol. The maximum atomic E-state index is 11.9. The van der Waals surface area contributed by atoms with Crippen molar-refractivity contribution in [1.82, 2.24) is 4.90 Å². The highest BCUT2D eigenvalue weighted by molar-refractivity contribution is 5.86. The van der Waals surface area contributed by atoms with Crippen LogP contribution in [-0.2, 0) is 19.1 Å². The molecule has 0 saturated heterocycles. The predicted molar refractivity (Wildman–Crippen MR) is 83.1 cm³/mol. The molecular formula is C14H24N4O6. The lowest BCUT2D eigenvalue weighted by atomic mass is 10.2. The number of azo groups is 1. The average Bonchev–Trinajstić information content (AvgIpc) is 2.30. The molecule has 10 nitrogen and oxygen atoms in total. The predicted octanol–water partition coefficient (Wildman–Crippen LogP) is 1.62. The number of carbonyl (C=O) groups excluding carboxylic acids is 4. The largest absolute Gasteiger partial charge is 0.459 e. The Morgan fingerprint density at radius 3 is 1.50 bits per heavy atom. The molecule has 0 aromatic carbocycles. The Bertz CT molecular complexity index is 500. The van der Waals surface area contributed by atoms with Crippen LogP contribution in [0.15, 0.2) is 10.2 Å². The van der Waals surface area contributed by atoms with E-state index >= 15 is 0 Å². The van der Waals surface area contributed by atoms with Crippen molar-refractivity contribution < 1.29 is 28.7 Å². The highest BCUT2D eigenvalue weighted by Gasteiger charge is 2.26. The number of rotatable bonds is 4. The third-order valence-corrected chi connectivity index (χ3v) is 1.98. The van der Waals surface area contributed by atoms with Crippen LogP contribution < -0.4 is 5.73 Å². The zero-order valence-electron chi connectivity index (χ0n) is 14.8. The number of hydrogen-bond acceptors (Lipinski definition) is 6. The Morgan fingerprint density at radius 2 is 1.21 bits per heavy atom. The Hall–Kier alpha value is -2.52. The maximum Gasteiger partial charge on any atom is 0.363 e. The molecule has 0 unspecified atom stereocenters. The second kappa shape index (κ2) is 8.37. The van der Waals surface area contributed by atoms with E-state index in [1.165, 1.54) is 0 Å². The van der Waals surface area contributed by atoms with Gasteiger partial charge in [-0.05, 0) is 41.5 Å². The van der Waals surface area contributed by atoms with Gasteiger partial charge in [0.2, 0.25) is 0 Å². The molecule has 24 heavy (non-hydrogen) atoms. The summed E-state index contributed by atoms with van der Waals surface area (Å²) in [5, 5.41) is 5.92. The van der Waals surface area contributed by atoms with Crippen LogP contribution in [0, 0.1) is 0 Å². The van der Waals surface area contributed by atoms with Gasteiger partial charge in [0.1, 0.15) is 24.3 Å². The molecule has 0 spiro atoms. The summed E-state index contributed by atoms with van der Waals surface area (Å²) in [6, 6.07) is -2.27. The fourth-order valence-electron chi connectivity index (χ4n) is 1.41. The van der Waals surface area contributed by atoms with Crippen molar-refractivity contribution in [3.05, 3.63) is 0 Å². The minimum absolute atomic E-state index is 0.562. The van der Waals surface area contributed by atoms with Crippen LogP contribution in [0.2, 0.25) is 0 Å². The lowest BCUT2D eigenvalue weighted by molar-refractivity contribution is -0.158. The van der Waals surface area contributed by atoms with Crippen molar-refractivity contribution in [3.63, 3.8) is 0 Å². The molecule has 0 heterocycles. The van der Waals surface area contributed by atoms with Gasteiger partial charge in [0.15, 0.2) is 0 Å². The number of ether oxygens (including phenoxy) is 2. The molecule has 0 aliphatic rings. The van der Waals surface area contributed by atoms with E-state index in [0.29, 0.717) is 0 Å². The molecule has 2 N–H and O–H groups in total. The summed E-state index contributed by atoms with van der Waals surface area (Å²) in [6.07, 6.45) is 0. The van der Waals surface area contributed by atoms with Crippen molar-refractivity contribution in [2.45, 2.75) is 52.7 Å². The van der Waals surface area contributed by atoms with Crippen molar-refractivity contribution >= 4 is 24.0 Å². The van der Waals surface area contributed by atoms with Gasteiger partial charge in [-0.25, -0.2) is 9.59 Å². The summed E-state index contributed by atoms with van der Waals surface area (Å²) in [5.41, 5.74) is 3.21. The summed E-state index contributed by atoms with van der Waals surface area (Å²) >= 11 is 0. The van der Waals surface area contributed by atoms with Gasteiger partial charge >= 0.3 is 24.0 Å². The van der Waals surface area contributed by atoms with Crippen LogP contribution in [0.1, 0.15) is 41.5 Å². The van der Waals surface area contributed by atoms with Crippen LogP contribution in [0.5, 0.6) is 0 Å².